The minimum absolute atomic E-state index is 0. The molecule has 0 aromatic heterocycles. The van der Waals surface area contributed by atoms with Gasteiger partial charge in [0.1, 0.15) is 0 Å². The molecule has 0 atom stereocenters. The number of hydrogen-bond donors (Lipinski definition) is 4. The SMILES string of the molecule is COC(=O)CCc1ccc(CCNC(=O)c2ccc(NC(=N)N)cc2)cc1.Cl. The summed E-state index contributed by atoms with van der Waals surface area (Å²) >= 11 is 0. The lowest BCUT2D eigenvalue weighted by Crippen LogP contribution is -2.25. The fourth-order valence-corrected chi connectivity index (χ4v) is 2.50. The Bertz CT molecular complexity index is 792. The molecule has 0 radical (unpaired) electrons. The van der Waals surface area contributed by atoms with E-state index in [0.717, 1.165) is 11.1 Å². The highest BCUT2D eigenvalue weighted by atomic mass is 35.5. The molecule has 0 heterocycles. The van der Waals surface area contributed by atoms with Crippen molar-refractivity contribution in [3.63, 3.8) is 0 Å². The first kappa shape index (κ1) is 23.0. The summed E-state index contributed by atoms with van der Waals surface area (Å²) in [6, 6.07) is 14.7. The van der Waals surface area contributed by atoms with Gasteiger partial charge in [0.25, 0.3) is 5.91 Å². The summed E-state index contributed by atoms with van der Waals surface area (Å²) in [5.41, 5.74) is 8.65. The van der Waals surface area contributed by atoms with Gasteiger partial charge in [0.15, 0.2) is 5.96 Å². The maximum Gasteiger partial charge on any atom is 0.305 e. The van der Waals surface area contributed by atoms with Crippen LogP contribution in [0.3, 0.4) is 0 Å². The summed E-state index contributed by atoms with van der Waals surface area (Å²) in [7, 11) is 1.39. The largest absolute Gasteiger partial charge is 0.469 e. The highest BCUT2D eigenvalue weighted by molar-refractivity contribution is 5.95. The Morgan fingerprint density at radius 2 is 1.57 bits per heavy atom. The van der Waals surface area contributed by atoms with Crippen LogP contribution in [0.1, 0.15) is 27.9 Å². The van der Waals surface area contributed by atoms with Crippen LogP contribution in [0.15, 0.2) is 48.5 Å². The van der Waals surface area contributed by atoms with E-state index in [9.17, 15) is 9.59 Å². The lowest BCUT2D eigenvalue weighted by atomic mass is 10.1. The summed E-state index contributed by atoms with van der Waals surface area (Å²) < 4.78 is 4.63. The quantitative estimate of drug-likeness (QED) is 0.306. The molecule has 0 bridgehead atoms. The molecule has 5 N–H and O–H groups in total. The number of guanidine groups is 1. The first-order valence-electron chi connectivity index (χ1n) is 8.62. The number of amides is 1. The van der Waals surface area contributed by atoms with Crippen molar-refractivity contribution in [1.29, 1.82) is 5.41 Å². The zero-order chi connectivity index (χ0) is 19.6. The van der Waals surface area contributed by atoms with Crippen molar-refractivity contribution in [2.45, 2.75) is 19.3 Å². The smallest absolute Gasteiger partial charge is 0.305 e. The number of methoxy groups -OCH3 is 1. The van der Waals surface area contributed by atoms with Crippen LogP contribution in [0.5, 0.6) is 0 Å². The van der Waals surface area contributed by atoms with Crippen molar-refractivity contribution in [2.75, 3.05) is 19.0 Å². The number of hydrogen-bond acceptors (Lipinski definition) is 4. The van der Waals surface area contributed by atoms with Crippen LogP contribution < -0.4 is 16.4 Å². The summed E-state index contributed by atoms with van der Waals surface area (Å²) in [5.74, 6) is -0.519. The molecule has 0 aliphatic rings. The van der Waals surface area contributed by atoms with Gasteiger partial charge in [0.05, 0.1) is 7.11 Å². The predicted molar refractivity (Wildman–Crippen MR) is 112 cm³/mol. The Morgan fingerprint density at radius 3 is 2.11 bits per heavy atom. The first-order chi connectivity index (χ1) is 13.0. The van der Waals surface area contributed by atoms with Gasteiger partial charge in [-0.25, -0.2) is 0 Å². The third-order valence-electron chi connectivity index (χ3n) is 3.99. The molecule has 0 saturated carbocycles. The number of nitrogens with two attached hydrogens (primary N) is 1. The molecule has 2 aromatic carbocycles. The van der Waals surface area contributed by atoms with E-state index in [4.69, 9.17) is 11.1 Å². The highest BCUT2D eigenvalue weighted by Gasteiger charge is 2.06. The minimum atomic E-state index is -0.216. The molecule has 150 valence electrons. The molecule has 8 heteroatoms. The van der Waals surface area contributed by atoms with E-state index in [0.29, 0.717) is 37.1 Å². The average molecular weight is 405 g/mol. The lowest BCUT2D eigenvalue weighted by Gasteiger charge is -2.08. The molecule has 7 nitrogen and oxygen atoms in total. The molecule has 1 amide bonds. The van der Waals surface area contributed by atoms with Gasteiger partial charge in [0.2, 0.25) is 0 Å². The second-order valence-electron chi connectivity index (χ2n) is 6.01. The number of carbonyl (C=O) groups excluding carboxylic acids is 2. The number of anilines is 1. The standard InChI is InChI=1S/C20H24N4O3.ClH/c1-27-18(25)11-6-14-2-4-15(5-3-14)12-13-23-19(26)16-7-9-17(10-8-16)24-20(21)22;/h2-5,7-10H,6,11-13H2,1H3,(H,23,26)(H4,21,22,24);1H. The number of halogens is 1. The molecule has 0 aliphatic heterocycles. The van der Waals surface area contributed by atoms with Gasteiger partial charge in [-0.2, -0.15) is 0 Å². The molecule has 2 aromatic rings. The Hall–Kier alpha value is -3.06. The van der Waals surface area contributed by atoms with Gasteiger partial charge in [0, 0.05) is 24.2 Å². The Labute approximate surface area is 170 Å². The van der Waals surface area contributed by atoms with Crippen molar-refractivity contribution in [2.24, 2.45) is 5.73 Å². The van der Waals surface area contributed by atoms with Crippen LogP contribution in [0.2, 0.25) is 0 Å². The third-order valence-corrected chi connectivity index (χ3v) is 3.99. The molecule has 0 spiro atoms. The van der Waals surface area contributed by atoms with Crippen LogP contribution in [0.25, 0.3) is 0 Å². The molecule has 0 fully saturated rings. The normalized spacial score (nSPS) is 9.75. The van der Waals surface area contributed by atoms with Crippen molar-refractivity contribution < 1.29 is 14.3 Å². The van der Waals surface area contributed by atoms with Gasteiger partial charge in [-0.1, -0.05) is 24.3 Å². The van der Waals surface area contributed by atoms with Crippen molar-refractivity contribution in [3.8, 4) is 0 Å². The van der Waals surface area contributed by atoms with Gasteiger partial charge < -0.3 is 21.1 Å². The topological polar surface area (TPSA) is 117 Å². The fraction of sp³-hybridized carbons (Fsp3) is 0.250. The van der Waals surface area contributed by atoms with Gasteiger partial charge in [-0.3, -0.25) is 15.0 Å². The number of ether oxygens (including phenoxy) is 1. The van der Waals surface area contributed by atoms with Crippen LogP contribution >= 0.6 is 12.4 Å². The molecule has 2 rings (SSSR count). The van der Waals surface area contributed by atoms with E-state index < -0.39 is 0 Å². The van der Waals surface area contributed by atoms with E-state index in [2.05, 4.69) is 15.4 Å². The second kappa shape index (κ2) is 11.6. The molecular weight excluding hydrogens is 380 g/mol. The lowest BCUT2D eigenvalue weighted by molar-refractivity contribution is -0.140. The molecular formula is C20H25ClN4O3. The van der Waals surface area contributed by atoms with Crippen LogP contribution in [0.4, 0.5) is 5.69 Å². The van der Waals surface area contributed by atoms with E-state index in [1.165, 1.54) is 7.11 Å². The van der Waals surface area contributed by atoms with Crippen molar-refractivity contribution in [3.05, 3.63) is 65.2 Å². The fourth-order valence-electron chi connectivity index (χ4n) is 2.50. The monoisotopic (exact) mass is 404 g/mol. The summed E-state index contributed by atoms with van der Waals surface area (Å²) in [4.78, 5) is 23.3. The summed E-state index contributed by atoms with van der Waals surface area (Å²) in [5, 5.41) is 12.7. The number of nitrogens with one attached hydrogen (secondary N) is 3. The number of esters is 1. The van der Waals surface area contributed by atoms with Crippen molar-refractivity contribution in [1.82, 2.24) is 5.32 Å². The van der Waals surface area contributed by atoms with E-state index in [1.54, 1.807) is 24.3 Å². The maximum atomic E-state index is 12.2. The molecule has 28 heavy (non-hydrogen) atoms. The van der Waals surface area contributed by atoms with Crippen molar-refractivity contribution >= 4 is 35.9 Å². The third kappa shape index (κ3) is 7.67. The molecule has 0 unspecified atom stereocenters. The highest BCUT2D eigenvalue weighted by Crippen LogP contribution is 2.10. The van der Waals surface area contributed by atoms with Gasteiger partial charge >= 0.3 is 5.97 Å². The maximum absolute atomic E-state index is 12.2. The predicted octanol–water partition coefficient (Wildman–Crippen LogP) is 2.49. The number of aryl methyl sites for hydroxylation is 1. The zero-order valence-electron chi connectivity index (χ0n) is 15.7. The van der Waals surface area contributed by atoms with E-state index >= 15 is 0 Å². The van der Waals surface area contributed by atoms with Crippen LogP contribution in [-0.4, -0.2) is 31.5 Å². The van der Waals surface area contributed by atoms with Gasteiger partial charge in [-0.15, -0.1) is 12.4 Å². The Balaban J connectivity index is 0.00000392. The van der Waals surface area contributed by atoms with E-state index in [1.807, 2.05) is 24.3 Å². The Morgan fingerprint density at radius 1 is 1.00 bits per heavy atom. The zero-order valence-corrected chi connectivity index (χ0v) is 16.5. The van der Waals surface area contributed by atoms with E-state index in [-0.39, 0.29) is 30.2 Å². The molecule has 0 aliphatic carbocycles. The second-order valence-corrected chi connectivity index (χ2v) is 6.01. The van der Waals surface area contributed by atoms with Crippen LogP contribution in [0, 0.1) is 5.41 Å². The summed E-state index contributed by atoms with van der Waals surface area (Å²) in [6.07, 6.45) is 1.73. The van der Waals surface area contributed by atoms with Crippen LogP contribution in [-0.2, 0) is 22.4 Å². The van der Waals surface area contributed by atoms with Gasteiger partial charge in [-0.05, 0) is 48.2 Å². The minimum Gasteiger partial charge on any atom is -0.469 e. The number of carbonyl (C=O) groups is 2. The number of rotatable bonds is 8. The Kier molecular flexibility index (Phi) is 9.53. The average Bonchev–Trinajstić information content (AvgIpc) is 2.67. The summed E-state index contributed by atoms with van der Waals surface area (Å²) in [6.45, 7) is 0.522. The first-order valence-corrected chi connectivity index (χ1v) is 8.62. The molecule has 0 saturated heterocycles. The number of benzene rings is 2.